The molecule has 4 heteroatoms. The van der Waals surface area contributed by atoms with E-state index in [0.717, 1.165) is 5.56 Å². The molecule has 0 heterocycles. The number of amides is 1. The van der Waals surface area contributed by atoms with Crippen LogP contribution in [0.4, 0.5) is 5.69 Å². The molecule has 0 aromatic heterocycles. The summed E-state index contributed by atoms with van der Waals surface area (Å²) in [7, 11) is 0. The van der Waals surface area contributed by atoms with E-state index in [2.05, 4.69) is 26.1 Å². The van der Waals surface area contributed by atoms with Gasteiger partial charge in [0.2, 0.25) is 0 Å². The van der Waals surface area contributed by atoms with Crippen LogP contribution in [0.3, 0.4) is 0 Å². The Morgan fingerprint density at radius 3 is 2.24 bits per heavy atom. The Morgan fingerprint density at radius 1 is 0.828 bits per heavy atom. The largest absolute Gasteiger partial charge is 0.489 e. The van der Waals surface area contributed by atoms with Crippen molar-refractivity contribution in [2.45, 2.75) is 32.8 Å². The summed E-state index contributed by atoms with van der Waals surface area (Å²) in [5, 5.41) is 2.84. The maximum absolute atomic E-state index is 12.2. The Bertz CT molecular complexity index is 928. The van der Waals surface area contributed by atoms with Gasteiger partial charge in [-0.25, -0.2) is 0 Å². The van der Waals surface area contributed by atoms with Crippen molar-refractivity contribution in [3.8, 4) is 11.5 Å². The average Bonchev–Trinajstić information content (AvgIpc) is 2.71. The zero-order chi connectivity index (χ0) is 20.7. The van der Waals surface area contributed by atoms with E-state index in [1.807, 2.05) is 72.8 Å². The van der Waals surface area contributed by atoms with Gasteiger partial charge in [0.05, 0.1) is 0 Å². The van der Waals surface area contributed by atoms with Gasteiger partial charge in [-0.05, 0) is 40.8 Å². The number of anilines is 1. The minimum atomic E-state index is -0.217. The molecule has 3 rings (SSSR count). The van der Waals surface area contributed by atoms with Crippen LogP contribution in [0.1, 0.15) is 31.9 Å². The number of hydrogen-bond donors (Lipinski definition) is 1. The zero-order valence-corrected chi connectivity index (χ0v) is 17.1. The molecule has 3 aromatic rings. The fraction of sp³-hybridized carbons (Fsp3) is 0.240. The first-order chi connectivity index (χ1) is 13.9. The van der Waals surface area contributed by atoms with Gasteiger partial charge >= 0.3 is 0 Å². The molecule has 0 spiro atoms. The van der Waals surface area contributed by atoms with Gasteiger partial charge < -0.3 is 14.8 Å². The molecule has 1 N–H and O–H groups in total. The number of nitrogens with one attached hydrogen (secondary N) is 1. The van der Waals surface area contributed by atoms with E-state index in [-0.39, 0.29) is 17.9 Å². The molecule has 0 aliphatic carbocycles. The predicted octanol–water partition coefficient (Wildman–Crippen LogP) is 5.58. The second kappa shape index (κ2) is 9.28. The van der Waals surface area contributed by atoms with E-state index < -0.39 is 0 Å². The molecule has 0 bridgehead atoms. The Morgan fingerprint density at radius 2 is 1.55 bits per heavy atom. The third-order valence-electron chi connectivity index (χ3n) is 4.46. The highest BCUT2D eigenvalue weighted by Gasteiger charge is 2.13. The summed E-state index contributed by atoms with van der Waals surface area (Å²) in [5.41, 5.74) is 3.07. The molecule has 0 saturated heterocycles. The van der Waals surface area contributed by atoms with Crippen LogP contribution in [-0.4, -0.2) is 12.5 Å². The van der Waals surface area contributed by atoms with Crippen molar-refractivity contribution >= 4 is 11.6 Å². The second-order valence-electron chi connectivity index (χ2n) is 7.91. The van der Waals surface area contributed by atoms with E-state index in [9.17, 15) is 4.79 Å². The van der Waals surface area contributed by atoms with Gasteiger partial charge in [0.15, 0.2) is 6.61 Å². The van der Waals surface area contributed by atoms with Gasteiger partial charge in [-0.1, -0.05) is 69.3 Å². The minimum Gasteiger partial charge on any atom is -0.489 e. The molecule has 0 saturated carbocycles. The van der Waals surface area contributed by atoms with E-state index in [1.165, 1.54) is 5.56 Å². The quantitative estimate of drug-likeness (QED) is 0.574. The summed E-state index contributed by atoms with van der Waals surface area (Å²) in [6.45, 7) is 6.91. The van der Waals surface area contributed by atoms with E-state index in [1.54, 1.807) is 6.07 Å². The molecule has 3 aromatic carbocycles. The van der Waals surface area contributed by atoms with Crippen LogP contribution in [0.5, 0.6) is 11.5 Å². The molecule has 0 fully saturated rings. The fourth-order valence-electron chi connectivity index (χ4n) is 2.80. The van der Waals surface area contributed by atoms with Crippen LogP contribution < -0.4 is 14.8 Å². The van der Waals surface area contributed by atoms with Gasteiger partial charge in [-0.3, -0.25) is 4.79 Å². The average molecular weight is 389 g/mol. The molecule has 0 aliphatic rings. The van der Waals surface area contributed by atoms with Crippen LogP contribution >= 0.6 is 0 Å². The minimum absolute atomic E-state index is 0.0516. The van der Waals surface area contributed by atoms with Gasteiger partial charge in [0, 0.05) is 11.8 Å². The molecular formula is C25H27NO3. The number of carbonyl (C=O) groups excluding carboxylic acids is 1. The molecule has 150 valence electrons. The summed E-state index contributed by atoms with van der Waals surface area (Å²) >= 11 is 0. The van der Waals surface area contributed by atoms with Gasteiger partial charge in [-0.15, -0.1) is 0 Å². The lowest BCUT2D eigenvalue weighted by molar-refractivity contribution is -0.118. The van der Waals surface area contributed by atoms with Gasteiger partial charge in [0.1, 0.15) is 18.1 Å². The van der Waals surface area contributed by atoms with E-state index in [0.29, 0.717) is 23.8 Å². The van der Waals surface area contributed by atoms with Crippen LogP contribution in [0.15, 0.2) is 78.9 Å². The van der Waals surface area contributed by atoms with Crippen LogP contribution in [0.25, 0.3) is 0 Å². The number of rotatable bonds is 7. The molecule has 29 heavy (non-hydrogen) atoms. The lowest BCUT2D eigenvalue weighted by atomic mass is 9.87. The topological polar surface area (TPSA) is 47.6 Å². The molecule has 0 aliphatic heterocycles. The highest BCUT2D eigenvalue weighted by atomic mass is 16.5. The fourth-order valence-corrected chi connectivity index (χ4v) is 2.80. The maximum atomic E-state index is 12.2. The lowest BCUT2D eigenvalue weighted by Gasteiger charge is -2.19. The second-order valence-corrected chi connectivity index (χ2v) is 7.91. The van der Waals surface area contributed by atoms with Crippen LogP contribution in [-0.2, 0) is 16.8 Å². The third-order valence-corrected chi connectivity index (χ3v) is 4.46. The first-order valence-electron chi connectivity index (χ1n) is 9.70. The van der Waals surface area contributed by atoms with Crippen molar-refractivity contribution < 1.29 is 14.3 Å². The highest BCUT2D eigenvalue weighted by molar-refractivity contribution is 5.92. The molecule has 4 nitrogen and oxygen atoms in total. The highest BCUT2D eigenvalue weighted by Crippen LogP contribution is 2.24. The normalized spacial score (nSPS) is 11.0. The number of hydrogen-bond acceptors (Lipinski definition) is 3. The maximum Gasteiger partial charge on any atom is 0.262 e. The Labute approximate surface area is 172 Å². The Kier molecular flexibility index (Phi) is 6.55. The van der Waals surface area contributed by atoms with Crippen molar-refractivity contribution in [3.63, 3.8) is 0 Å². The van der Waals surface area contributed by atoms with E-state index in [4.69, 9.17) is 9.47 Å². The van der Waals surface area contributed by atoms with Crippen LogP contribution in [0, 0.1) is 0 Å². The summed E-state index contributed by atoms with van der Waals surface area (Å²) in [6, 6.07) is 25.1. The zero-order valence-electron chi connectivity index (χ0n) is 17.1. The summed E-state index contributed by atoms with van der Waals surface area (Å²) < 4.78 is 11.4. The van der Waals surface area contributed by atoms with Crippen molar-refractivity contribution in [1.82, 2.24) is 0 Å². The summed E-state index contributed by atoms with van der Waals surface area (Å²) in [6.07, 6.45) is 0. The summed E-state index contributed by atoms with van der Waals surface area (Å²) in [5.74, 6) is 1.16. The van der Waals surface area contributed by atoms with Crippen molar-refractivity contribution in [1.29, 1.82) is 0 Å². The van der Waals surface area contributed by atoms with Crippen molar-refractivity contribution in [3.05, 3.63) is 90.0 Å². The monoisotopic (exact) mass is 389 g/mol. The Hall–Kier alpha value is -3.27. The van der Waals surface area contributed by atoms with Crippen molar-refractivity contribution in [2.24, 2.45) is 0 Å². The number of benzene rings is 3. The molecule has 0 unspecified atom stereocenters. The lowest BCUT2D eigenvalue weighted by Crippen LogP contribution is -2.20. The third kappa shape index (κ3) is 6.39. The number of carbonyl (C=O) groups is 1. The first kappa shape index (κ1) is 20.5. The molecular weight excluding hydrogens is 362 g/mol. The standard InChI is InChI=1S/C25H27NO3/c1-25(2,3)20-12-14-22(15-13-20)29-18-24(27)26-21-10-7-11-23(16-21)28-17-19-8-5-4-6-9-19/h4-16H,17-18H2,1-3H3,(H,26,27). The smallest absolute Gasteiger partial charge is 0.262 e. The first-order valence-corrected chi connectivity index (χ1v) is 9.70. The summed E-state index contributed by atoms with van der Waals surface area (Å²) in [4.78, 5) is 12.2. The van der Waals surface area contributed by atoms with Gasteiger partial charge in [-0.2, -0.15) is 0 Å². The Balaban J connectivity index is 1.50. The number of ether oxygens (including phenoxy) is 2. The van der Waals surface area contributed by atoms with Crippen molar-refractivity contribution in [2.75, 3.05) is 11.9 Å². The SMILES string of the molecule is CC(C)(C)c1ccc(OCC(=O)Nc2cccc(OCc3ccccc3)c2)cc1. The van der Waals surface area contributed by atoms with E-state index >= 15 is 0 Å². The molecule has 1 amide bonds. The molecule has 0 radical (unpaired) electrons. The van der Waals surface area contributed by atoms with Gasteiger partial charge in [0.25, 0.3) is 5.91 Å². The van der Waals surface area contributed by atoms with Crippen LogP contribution in [0.2, 0.25) is 0 Å². The molecule has 0 atom stereocenters. The predicted molar refractivity (Wildman–Crippen MR) is 116 cm³/mol.